The summed E-state index contributed by atoms with van der Waals surface area (Å²) < 4.78 is 1.41. The molecule has 0 bridgehead atoms. The zero-order valence-corrected chi connectivity index (χ0v) is 19.1. The van der Waals surface area contributed by atoms with Gasteiger partial charge in [-0.05, 0) is 68.9 Å². The van der Waals surface area contributed by atoms with E-state index in [1.165, 1.54) is 73.0 Å². The zero-order chi connectivity index (χ0) is 21.5. The van der Waals surface area contributed by atoms with E-state index in [2.05, 4.69) is 10.4 Å². The predicted octanol–water partition coefficient (Wildman–Crippen LogP) is 4.81. The van der Waals surface area contributed by atoms with Crippen molar-refractivity contribution in [2.24, 2.45) is 5.92 Å². The highest BCUT2D eigenvalue weighted by atomic mass is 32.2. The molecule has 1 heterocycles. The highest BCUT2D eigenvalue weighted by Crippen LogP contribution is 2.23. The average Bonchev–Trinajstić information content (AvgIpc) is 2.70. The second-order valence-corrected chi connectivity index (χ2v) is 9.77. The van der Waals surface area contributed by atoms with Crippen LogP contribution in [0.25, 0.3) is 5.69 Å². The van der Waals surface area contributed by atoms with Crippen LogP contribution >= 0.6 is 11.8 Å². The number of benzene rings is 1. The van der Waals surface area contributed by atoms with Crippen LogP contribution in [-0.2, 0) is 4.79 Å². The highest BCUT2D eigenvalue weighted by molar-refractivity contribution is 8.00. The van der Waals surface area contributed by atoms with Crippen molar-refractivity contribution in [3.05, 3.63) is 51.8 Å². The molecular weight excluding hydrogens is 394 g/mol. The Hall–Kier alpha value is -2.08. The molecule has 0 radical (unpaired) electrons. The summed E-state index contributed by atoms with van der Waals surface area (Å²) in [5, 5.41) is 8.03. The molecule has 5 nitrogen and oxygen atoms in total. The van der Waals surface area contributed by atoms with Gasteiger partial charge in [0.15, 0.2) is 0 Å². The molecule has 1 N–H and O–H groups in total. The lowest BCUT2D eigenvalue weighted by Crippen LogP contribution is -2.35. The number of thioether (sulfide) groups is 1. The first-order valence-electron chi connectivity index (χ1n) is 11.1. The van der Waals surface area contributed by atoms with E-state index in [0.717, 1.165) is 17.8 Å². The molecule has 1 aromatic heterocycles. The number of hydrogen-bond acceptors (Lipinski definition) is 4. The second-order valence-electron chi connectivity index (χ2n) is 8.41. The molecule has 1 aromatic carbocycles. The SMILES string of the molecule is Cc1ccc(-n2nc(S[C@@H](C)C(=O)NCC3CCCCCCC3)ccc2=O)cc1C. The molecule has 3 rings (SSSR count). The number of aromatic nitrogens is 2. The summed E-state index contributed by atoms with van der Waals surface area (Å²) in [5.74, 6) is 0.629. The van der Waals surface area contributed by atoms with E-state index in [9.17, 15) is 9.59 Å². The van der Waals surface area contributed by atoms with Crippen molar-refractivity contribution >= 4 is 17.7 Å². The van der Waals surface area contributed by atoms with Crippen LogP contribution < -0.4 is 10.9 Å². The molecule has 1 fully saturated rings. The van der Waals surface area contributed by atoms with Gasteiger partial charge in [0.25, 0.3) is 5.56 Å². The quantitative estimate of drug-likeness (QED) is 0.672. The Morgan fingerprint density at radius 2 is 1.80 bits per heavy atom. The van der Waals surface area contributed by atoms with Crippen molar-refractivity contribution in [1.29, 1.82) is 0 Å². The van der Waals surface area contributed by atoms with Gasteiger partial charge in [-0.3, -0.25) is 9.59 Å². The molecule has 1 saturated carbocycles. The summed E-state index contributed by atoms with van der Waals surface area (Å²) in [6, 6.07) is 9.07. The Labute approximate surface area is 183 Å². The first-order valence-corrected chi connectivity index (χ1v) is 11.9. The first kappa shape index (κ1) is 22.6. The van der Waals surface area contributed by atoms with Gasteiger partial charge in [0, 0.05) is 12.6 Å². The minimum Gasteiger partial charge on any atom is -0.355 e. The van der Waals surface area contributed by atoms with Crippen molar-refractivity contribution in [2.45, 2.75) is 76.0 Å². The third-order valence-electron chi connectivity index (χ3n) is 5.97. The van der Waals surface area contributed by atoms with Crippen LogP contribution in [0.1, 0.15) is 63.0 Å². The molecule has 6 heteroatoms. The minimum absolute atomic E-state index is 0.0350. The van der Waals surface area contributed by atoms with Crippen LogP contribution in [0.15, 0.2) is 40.2 Å². The molecule has 30 heavy (non-hydrogen) atoms. The van der Waals surface area contributed by atoms with E-state index in [-0.39, 0.29) is 16.7 Å². The maximum Gasteiger partial charge on any atom is 0.271 e. The highest BCUT2D eigenvalue weighted by Gasteiger charge is 2.18. The van der Waals surface area contributed by atoms with E-state index in [4.69, 9.17) is 0 Å². The molecule has 0 aliphatic heterocycles. The largest absolute Gasteiger partial charge is 0.355 e. The Balaban J connectivity index is 1.61. The van der Waals surface area contributed by atoms with Gasteiger partial charge in [0.1, 0.15) is 5.03 Å². The Kier molecular flexibility index (Phi) is 8.14. The number of nitrogens with zero attached hydrogens (tertiary/aromatic N) is 2. The normalized spacial score (nSPS) is 16.5. The number of aryl methyl sites for hydroxylation is 2. The number of hydrogen-bond donors (Lipinski definition) is 1. The van der Waals surface area contributed by atoms with Crippen molar-refractivity contribution in [3.63, 3.8) is 0 Å². The van der Waals surface area contributed by atoms with Crippen LogP contribution in [0.4, 0.5) is 0 Å². The molecule has 1 amide bonds. The first-order chi connectivity index (χ1) is 14.4. The monoisotopic (exact) mass is 427 g/mol. The van der Waals surface area contributed by atoms with Crippen LogP contribution in [0.2, 0.25) is 0 Å². The van der Waals surface area contributed by atoms with Crippen molar-refractivity contribution in [1.82, 2.24) is 15.1 Å². The van der Waals surface area contributed by atoms with Gasteiger partial charge in [-0.1, -0.05) is 49.9 Å². The molecule has 1 atom stereocenters. The smallest absolute Gasteiger partial charge is 0.271 e. The van der Waals surface area contributed by atoms with Crippen molar-refractivity contribution in [3.8, 4) is 5.69 Å². The molecule has 0 unspecified atom stereocenters. The third-order valence-corrected chi connectivity index (χ3v) is 6.99. The Morgan fingerprint density at radius 3 is 2.50 bits per heavy atom. The van der Waals surface area contributed by atoms with Crippen LogP contribution in [0.3, 0.4) is 0 Å². The van der Waals surface area contributed by atoms with E-state index < -0.39 is 0 Å². The molecule has 1 aliphatic rings. The van der Waals surface area contributed by atoms with E-state index >= 15 is 0 Å². The summed E-state index contributed by atoms with van der Waals surface area (Å²) >= 11 is 1.39. The molecule has 162 valence electrons. The molecular formula is C24H33N3O2S. The van der Waals surface area contributed by atoms with Gasteiger partial charge in [-0.25, -0.2) is 0 Å². The maximum atomic E-state index is 12.6. The lowest BCUT2D eigenvalue weighted by atomic mass is 9.91. The standard InChI is InChI=1S/C24H33N3O2S/c1-17-11-12-21(15-18(17)2)27-23(28)14-13-22(26-27)30-19(3)24(29)25-16-20-9-7-5-4-6-8-10-20/h11-15,19-20H,4-10,16H2,1-3H3,(H,25,29)/t19-/m0/s1. The fourth-order valence-corrected chi connectivity index (χ4v) is 4.70. The minimum atomic E-state index is -0.267. The molecule has 2 aromatic rings. The Morgan fingerprint density at radius 1 is 1.10 bits per heavy atom. The van der Waals surface area contributed by atoms with Gasteiger partial charge in [-0.15, -0.1) is 0 Å². The second kappa shape index (κ2) is 10.8. The van der Waals surface area contributed by atoms with E-state index in [0.29, 0.717) is 10.9 Å². The van der Waals surface area contributed by atoms with Gasteiger partial charge in [0.2, 0.25) is 5.91 Å². The lowest BCUT2D eigenvalue weighted by molar-refractivity contribution is -0.120. The van der Waals surface area contributed by atoms with Crippen LogP contribution in [0, 0.1) is 19.8 Å². The van der Waals surface area contributed by atoms with Crippen molar-refractivity contribution in [2.75, 3.05) is 6.54 Å². The summed E-state index contributed by atoms with van der Waals surface area (Å²) in [6.07, 6.45) is 8.96. The fourth-order valence-electron chi connectivity index (χ4n) is 3.87. The zero-order valence-electron chi connectivity index (χ0n) is 18.3. The van der Waals surface area contributed by atoms with Crippen molar-refractivity contribution < 1.29 is 4.79 Å². The predicted molar refractivity (Wildman–Crippen MR) is 123 cm³/mol. The molecule has 1 aliphatic carbocycles. The summed E-state index contributed by atoms with van der Waals surface area (Å²) in [7, 11) is 0. The molecule has 0 saturated heterocycles. The molecule has 0 spiro atoms. The van der Waals surface area contributed by atoms with Gasteiger partial charge in [0.05, 0.1) is 10.9 Å². The van der Waals surface area contributed by atoms with Gasteiger partial charge >= 0.3 is 0 Å². The fraction of sp³-hybridized carbons (Fsp3) is 0.542. The van der Waals surface area contributed by atoms with Gasteiger partial charge in [-0.2, -0.15) is 9.78 Å². The van der Waals surface area contributed by atoms with E-state index in [1.54, 1.807) is 6.07 Å². The number of amides is 1. The summed E-state index contributed by atoms with van der Waals surface area (Å²) in [4.78, 5) is 24.9. The van der Waals surface area contributed by atoms with E-state index in [1.807, 2.05) is 39.0 Å². The number of nitrogens with one attached hydrogen (secondary N) is 1. The van der Waals surface area contributed by atoms with Crippen LogP contribution in [-0.4, -0.2) is 27.5 Å². The van der Waals surface area contributed by atoms with Crippen LogP contribution in [0.5, 0.6) is 0 Å². The third kappa shape index (κ3) is 6.21. The lowest BCUT2D eigenvalue weighted by Gasteiger charge is -2.21. The maximum absolute atomic E-state index is 12.6. The number of carbonyl (C=O) groups excluding carboxylic acids is 1. The summed E-state index contributed by atoms with van der Waals surface area (Å²) in [5.41, 5.74) is 2.85. The summed E-state index contributed by atoms with van der Waals surface area (Å²) in [6.45, 7) is 6.72. The number of carbonyl (C=O) groups is 1. The Bertz CT molecular complexity index is 917. The van der Waals surface area contributed by atoms with Gasteiger partial charge < -0.3 is 5.32 Å². The topological polar surface area (TPSA) is 64.0 Å². The number of rotatable bonds is 6. The average molecular weight is 428 g/mol.